The third-order valence-electron chi connectivity index (χ3n) is 4.75. The lowest BCUT2D eigenvalue weighted by molar-refractivity contribution is 0.00304. The molecule has 122 valence electrons. The van der Waals surface area contributed by atoms with Crippen molar-refractivity contribution in [3.05, 3.63) is 30.1 Å². The molecule has 5 heteroatoms. The molecule has 2 amide bonds. The van der Waals surface area contributed by atoms with Crippen LogP contribution in [0.3, 0.4) is 0 Å². The van der Waals surface area contributed by atoms with Gasteiger partial charge in [-0.1, -0.05) is 26.7 Å². The van der Waals surface area contributed by atoms with Crippen LogP contribution in [0.4, 0.5) is 4.79 Å². The molecule has 22 heavy (non-hydrogen) atoms. The molecule has 1 saturated carbocycles. The molecule has 1 aromatic heterocycles. The van der Waals surface area contributed by atoms with E-state index >= 15 is 0 Å². The van der Waals surface area contributed by atoms with E-state index in [1.54, 1.807) is 12.4 Å². The van der Waals surface area contributed by atoms with E-state index in [-0.39, 0.29) is 23.6 Å². The predicted molar refractivity (Wildman–Crippen MR) is 86.4 cm³/mol. The van der Waals surface area contributed by atoms with Crippen LogP contribution < -0.4 is 10.6 Å². The monoisotopic (exact) mass is 305 g/mol. The Hall–Kier alpha value is -1.62. The number of pyridine rings is 1. The Labute approximate surface area is 132 Å². The van der Waals surface area contributed by atoms with E-state index in [9.17, 15) is 9.90 Å². The molecule has 5 nitrogen and oxygen atoms in total. The van der Waals surface area contributed by atoms with Crippen molar-refractivity contribution in [3.8, 4) is 0 Å². The molecular weight excluding hydrogens is 278 g/mol. The van der Waals surface area contributed by atoms with Gasteiger partial charge in [0.15, 0.2) is 0 Å². The second kappa shape index (κ2) is 7.58. The average Bonchev–Trinajstić information content (AvgIpc) is 2.54. The molecule has 1 fully saturated rings. The fraction of sp³-hybridized carbons (Fsp3) is 0.647. The summed E-state index contributed by atoms with van der Waals surface area (Å²) >= 11 is 0. The normalized spacial score (nSPS) is 26.2. The van der Waals surface area contributed by atoms with Gasteiger partial charge in [0.05, 0.1) is 12.1 Å². The van der Waals surface area contributed by atoms with Crippen LogP contribution in [-0.2, 0) is 0 Å². The number of rotatable bonds is 5. The van der Waals surface area contributed by atoms with Crippen molar-refractivity contribution < 1.29 is 9.90 Å². The third kappa shape index (κ3) is 4.19. The number of aliphatic hydroxyl groups is 1. The maximum Gasteiger partial charge on any atom is 0.315 e. The van der Waals surface area contributed by atoms with Crippen LogP contribution in [0.25, 0.3) is 0 Å². The van der Waals surface area contributed by atoms with Gasteiger partial charge in [-0.15, -0.1) is 0 Å². The summed E-state index contributed by atoms with van der Waals surface area (Å²) in [6, 6.07) is 3.64. The maximum absolute atomic E-state index is 12.2. The third-order valence-corrected chi connectivity index (χ3v) is 4.75. The first-order chi connectivity index (χ1) is 10.5. The minimum atomic E-state index is -0.330. The van der Waals surface area contributed by atoms with Crippen molar-refractivity contribution >= 4 is 6.03 Å². The smallest absolute Gasteiger partial charge is 0.315 e. The van der Waals surface area contributed by atoms with Crippen molar-refractivity contribution in [2.45, 2.75) is 58.1 Å². The second-order valence-corrected chi connectivity index (χ2v) is 6.48. The van der Waals surface area contributed by atoms with Crippen molar-refractivity contribution in [2.75, 3.05) is 6.54 Å². The van der Waals surface area contributed by atoms with Gasteiger partial charge in [0.25, 0.3) is 0 Å². The van der Waals surface area contributed by atoms with E-state index in [0.717, 1.165) is 37.7 Å². The predicted octanol–water partition coefficient (Wildman–Crippen LogP) is 2.77. The fourth-order valence-corrected chi connectivity index (χ4v) is 3.10. The Bertz CT molecular complexity index is 480. The number of carbonyl (C=O) groups excluding carboxylic acids is 1. The van der Waals surface area contributed by atoms with Crippen molar-refractivity contribution in [1.29, 1.82) is 0 Å². The molecule has 3 N–H and O–H groups in total. The summed E-state index contributed by atoms with van der Waals surface area (Å²) in [5.41, 5.74) is 0.838. The van der Waals surface area contributed by atoms with Crippen LogP contribution in [0, 0.1) is 5.41 Å². The zero-order valence-electron chi connectivity index (χ0n) is 13.5. The Kier molecular flexibility index (Phi) is 5.77. The molecule has 0 aliphatic heterocycles. The first-order valence-electron chi connectivity index (χ1n) is 8.17. The van der Waals surface area contributed by atoms with Gasteiger partial charge in [-0.05, 0) is 37.0 Å². The van der Waals surface area contributed by atoms with Gasteiger partial charge in [0, 0.05) is 24.4 Å². The minimum Gasteiger partial charge on any atom is -0.392 e. The van der Waals surface area contributed by atoms with Crippen LogP contribution in [0.5, 0.6) is 0 Å². The second-order valence-electron chi connectivity index (χ2n) is 6.48. The largest absolute Gasteiger partial charge is 0.392 e. The van der Waals surface area contributed by atoms with E-state index < -0.39 is 0 Å². The van der Waals surface area contributed by atoms with Gasteiger partial charge in [-0.3, -0.25) is 4.98 Å². The maximum atomic E-state index is 12.2. The lowest BCUT2D eigenvalue weighted by atomic mass is 9.73. The van der Waals surface area contributed by atoms with E-state index in [2.05, 4.69) is 22.5 Å². The molecule has 1 heterocycles. The number of aliphatic hydroxyl groups excluding tert-OH is 1. The number of hydrogen-bond donors (Lipinski definition) is 3. The molecular formula is C17H27N3O2. The molecule has 0 aromatic carbocycles. The number of carbonyl (C=O) groups is 1. The summed E-state index contributed by atoms with van der Waals surface area (Å²) in [6.45, 7) is 4.60. The van der Waals surface area contributed by atoms with E-state index in [4.69, 9.17) is 0 Å². The Morgan fingerprint density at radius 1 is 1.45 bits per heavy atom. The van der Waals surface area contributed by atoms with Crippen LogP contribution in [0.15, 0.2) is 24.5 Å². The van der Waals surface area contributed by atoms with E-state index in [0.29, 0.717) is 6.54 Å². The summed E-state index contributed by atoms with van der Waals surface area (Å²) in [7, 11) is 0. The average molecular weight is 305 g/mol. The highest BCUT2D eigenvalue weighted by Crippen LogP contribution is 2.35. The number of aromatic nitrogens is 1. The molecule has 3 unspecified atom stereocenters. The zero-order chi connectivity index (χ0) is 16.0. The molecule has 1 aliphatic rings. The van der Waals surface area contributed by atoms with Crippen LogP contribution in [0.2, 0.25) is 0 Å². The molecule has 0 bridgehead atoms. The molecule has 1 aliphatic carbocycles. The van der Waals surface area contributed by atoms with E-state index in [1.807, 2.05) is 19.1 Å². The van der Waals surface area contributed by atoms with Crippen LogP contribution >= 0.6 is 0 Å². The molecule has 0 radical (unpaired) electrons. The quantitative estimate of drug-likeness (QED) is 0.783. The molecule has 0 saturated heterocycles. The zero-order valence-corrected chi connectivity index (χ0v) is 13.5. The topological polar surface area (TPSA) is 74.2 Å². The summed E-state index contributed by atoms with van der Waals surface area (Å²) in [4.78, 5) is 16.2. The lowest BCUT2D eigenvalue weighted by Gasteiger charge is -2.38. The number of amides is 2. The van der Waals surface area contributed by atoms with Crippen molar-refractivity contribution in [3.63, 3.8) is 0 Å². The van der Waals surface area contributed by atoms with Gasteiger partial charge in [-0.25, -0.2) is 4.79 Å². The Balaban J connectivity index is 1.87. The van der Waals surface area contributed by atoms with Crippen molar-refractivity contribution in [1.82, 2.24) is 15.6 Å². The van der Waals surface area contributed by atoms with Gasteiger partial charge in [0.1, 0.15) is 0 Å². The Morgan fingerprint density at radius 3 is 2.82 bits per heavy atom. The lowest BCUT2D eigenvalue weighted by Crippen LogP contribution is -2.48. The summed E-state index contributed by atoms with van der Waals surface area (Å²) in [6.07, 6.45) is 7.92. The summed E-state index contributed by atoms with van der Waals surface area (Å²) in [5, 5.41) is 16.1. The molecule has 2 rings (SSSR count). The standard InChI is InChI=1S/C17H27N3O2/c1-3-14(13-7-10-18-11-8-13)20-16(22)19-12-17(2)9-5-4-6-15(17)21/h7-8,10-11,14-15,21H,3-6,9,12H2,1-2H3,(H2,19,20,22). The SMILES string of the molecule is CCC(NC(=O)NCC1(C)CCCCC1O)c1ccncc1. The highest BCUT2D eigenvalue weighted by atomic mass is 16.3. The molecule has 1 aromatic rings. The summed E-state index contributed by atoms with van der Waals surface area (Å²) in [5.74, 6) is 0. The number of nitrogens with zero attached hydrogens (tertiary/aromatic N) is 1. The van der Waals surface area contributed by atoms with Gasteiger partial charge >= 0.3 is 6.03 Å². The molecule has 3 atom stereocenters. The van der Waals surface area contributed by atoms with Crippen molar-refractivity contribution in [2.24, 2.45) is 5.41 Å². The fourth-order valence-electron chi connectivity index (χ4n) is 3.10. The minimum absolute atomic E-state index is 0.0212. The van der Waals surface area contributed by atoms with Crippen LogP contribution in [0.1, 0.15) is 57.6 Å². The molecule has 0 spiro atoms. The van der Waals surface area contributed by atoms with Gasteiger partial charge < -0.3 is 15.7 Å². The highest BCUT2D eigenvalue weighted by Gasteiger charge is 2.35. The summed E-state index contributed by atoms with van der Waals surface area (Å²) < 4.78 is 0. The number of hydrogen-bond acceptors (Lipinski definition) is 3. The number of urea groups is 1. The first kappa shape index (κ1) is 16.7. The van der Waals surface area contributed by atoms with Gasteiger partial charge in [-0.2, -0.15) is 0 Å². The number of nitrogens with one attached hydrogen (secondary N) is 2. The first-order valence-corrected chi connectivity index (χ1v) is 8.17. The van der Waals surface area contributed by atoms with E-state index in [1.165, 1.54) is 0 Å². The highest BCUT2D eigenvalue weighted by molar-refractivity contribution is 5.74. The Morgan fingerprint density at radius 2 is 2.18 bits per heavy atom. The van der Waals surface area contributed by atoms with Gasteiger partial charge in [0.2, 0.25) is 0 Å². The van der Waals surface area contributed by atoms with Crippen LogP contribution in [-0.4, -0.2) is 28.8 Å².